The zero-order chi connectivity index (χ0) is 25.1. The van der Waals surface area contributed by atoms with Gasteiger partial charge in [0.05, 0.1) is 48.8 Å². The summed E-state index contributed by atoms with van der Waals surface area (Å²) in [6.07, 6.45) is 7.79. The van der Waals surface area contributed by atoms with Gasteiger partial charge in [0.2, 0.25) is 11.7 Å². The highest BCUT2D eigenvalue weighted by Crippen LogP contribution is 2.22. The van der Waals surface area contributed by atoms with Gasteiger partial charge in [-0.15, -0.1) is 0 Å². The predicted octanol–water partition coefficient (Wildman–Crippen LogP) is 1.55. The molecule has 0 aromatic carbocycles. The van der Waals surface area contributed by atoms with Gasteiger partial charge in [-0.1, -0.05) is 5.16 Å². The van der Waals surface area contributed by atoms with Gasteiger partial charge in [-0.3, -0.25) is 23.8 Å². The Morgan fingerprint density at radius 3 is 2.69 bits per heavy atom. The number of carbonyl (C=O) groups is 1. The molecular formula is C22H25N9O4. The number of hydrogen-bond donors (Lipinski definition) is 1. The van der Waals surface area contributed by atoms with Crippen LogP contribution in [0.3, 0.4) is 0 Å². The van der Waals surface area contributed by atoms with E-state index >= 15 is 0 Å². The molecule has 0 aliphatic carbocycles. The Bertz CT molecular complexity index is 1410. The van der Waals surface area contributed by atoms with Crippen LogP contribution >= 0.6 is 0 Å². The van der Waals surface area contributed by atoms with Crippen LogP contribution < -0.4 is 20.5 Å². The maximum Gasteiger partial charge on any atom is 0.297 e. The summed E-state index contributed by atoms with van der Waals surface area (Å²) in [6.45, 7) is 4.09. The van der Waals surface area contributed by atoms with Crippen molar-refractivity contribution in [3.8, 4) is 17.0 Å². The number of carbonyl (C=O) groups excluding carboxylic acids is 1. The number of aromatic nitrogens is 7. The molecule has 182 valence electrons. The fourth-order valence-electron chi connectivity index (χ4n) is 3.57. The molecule has 35 heavy (non-hydrogen) atoms. The summed E-state index contributed by atoms with van der Waals surface area (Å²) in [4.78, 5) is 41.2. The minimum absolute atomic E-state index is 0.144. The quantitative estimate of drug-likeness (QED) is 0.395. The van der Waals surface area contributed by atoms with E-state index in [0.717, 1.165) is 11.3 Å². The van der Waals surface area contributed by atoms with Crippen molar-refractivity contribution in [3.05, 3.63) is 58.5 Å². The van der Waals surface area contributed by atoms with Crippen LogP contribution in [0.1, 0.15) is 28.8 Å². The average Bonchev–Trinajstić information content (AvgIpc) is 3.45. The third-order valence-corrected chi connectivity index (χ3v) is 5.13. The Hall–Kier alpha value is -4.55. The van der Waals surface area contributed by atoms with Crippen LogP contribution in [0.2, 0.25) is 0 Å². The van der Waals surface area contributed by atoms with E-state index in [0.29, 0.717) is 17.1 Å². The van der Waals surface area contributed by atoms with E-state index in [4.69, 9.17) is 14.2 Å². The van der Waals surface area contributed by atoms with Crippen molar-refractivity contribution in [1.29, 1.82) is 0 Å². The van der Waals surface area contributed by atoms with Crippen LogP contribution in [0.25, 0.3) is 11.3 Å². The lowest BCUT2D eigenvalue weighted by molar-refractivity contribution is 0.101. The first-order valence-electron chi connectivity index (χ1n) is 10.8. The minimum Gasteiger partial charge on any atom is -0.486 e. The van der Waals surface area contributed by atoms with E-state index in [1.165, 1.54) is 17.0 Å². The number of amides is 1. The Balaban J connectivity index is 1.67. The summed E-state index contributed by atoms with van der Waals surface area (Å²) in [7, 11) is 5.15. The zero-order valence-electron chi connectivity index (χ0n) is 20.0. The van der Waals surface area contributed by atoms with Crippen LogP contribution in [-0.4, -0.2) is 54.0 Å². The SMILES string of the molecule is CCOc1c(C(=O)Nc2cnoc2)nc(N(C)Cc2cncc(-c3cn(C)nc3C)n2)n(C)c1=O. The van der Waals surface area contributed by atoms with Gasteiger partial charge in [0.15, 0.2) is 5.69 Å². The number of anilines is 2. The maximum absolute atomic E-state index is 13.1. The fraction of sp³-hybridized carbons (Fsp3) is 0.318. The first-order chi connectivity index (χ1) is 16.8. The van der Waals surface area contributed by atoms with Gasteiger partial charge >= 0.3 is 0 Å². The highest BCUT2D eigenvalue weighted by Gasteiger charge is 2.24. The lowest BCUT2D eigenvalue weighted by Crippen LogP contribution is -2.32. The predicted molar refractivity (Wildman–Crippen MR) is 126 cm³/mol. The zero-order valence-corrected chi connectivity index (χ0v) is 20.0. The highest BCUT2D eigenvalue weighted by molar-refractivity contribution is 6.04. The van der Waals surface area contributed by atoms with E-state index in [-0.39, 0.29) is 30.5 Å². The van der Waals surface area contributed by atoms with Crippen molar-refractivity contribution in [3.63, 3.8) is 0 Å². The Morgan fingerprint density at radius 2 is 2.03 bits per heavy atom. The van der Waals surface area contributed by atoms with E-state index in [2.05, 4.69) is 25.5 Å². The van der Waals surface area contributed by atoms with Crippen LogP contribution in [0.4, 0.5) is 11.6 Å². The number of hydrogen-bond acceptors (Lipinski definition) is 10. The van der Waals surface area contributed by atoms with E-state index in [1.54, 1.807) is 43.0 Å². The van der Waals surface area contributed by atoms with Gasteiger partial charge in [0.1, 0.15) is 12.0 Å². The topological polar surface area (TPSA) is 146 Å². The Kier molecular flexibility index (Phi) is 6.57. The van der Waals surface area contributed by atoms with E-state index in [9.17, 15) is 9.59 Å². The molecule has 4 rings (SSSR count). The monoisotopic (exact) mass is 479 g/mol. The van der Waals surface area contributed by atoms with Crippen LogP contribution in [0, 0.1) is 6.92 Å². The summed E-state index contributed by atoms with van der Waals surface area (Å²) in [5.74, 6) is -0.522. The molecule has 1 N–H and O–H groups in total. The Labute approximate surface area is 200 Å². The molecule has 1 amide bonds. The third kappa shape index (κ3) is 4.88. The summed E-state index contributed by atoms with van der Waals surface area (Å²) in [5, 5.41) is 10.5. The molecule has 0 unspecified atom stereocenters. The van der Waals surface area contributed by atoms with Crippen molar-refractivity contribution in [2.75, 3.05) is 23.9 Å². The summed E-state index contributed by atoms with van der Waals surface area (Å²) in [6, 6.07) is 0. The highest BCUT2D eigenvalue weighted by atomic mass is 16.5. The molecule has 0 saturated heterocycles. The average molecular weight is 480 g/mol. The van der Waals surface area contributed by atoms with Gasteiger partial charge in [-0.05, 0) is 13.8 Å². The van der Waals surface area contributed by atoms with Crippen LogP contribution in [0.5, 0.6) is 5.75 Å². The number of rotatable bonds is 8. The summed E-state index contributed by atoms with van der Waals surface area (Å²) in [5.41, 5.74) is 2.73. The van der Waals surface area contributed by atoms with Gasteiger partial charge in [0.25, 0.3) is 11.5 Å². The second-order valence-corrected chi connectivity index (χ2v) is 7.81. The molecule has 0 radical (unpaired) electrons. The molecular weight excluding hydrogens is 454 g/mol. The number of nitrogens with one attached hydrogen (secondary N) is 1. The smallest absolute Gasteiger partial charge is 0.297 e. The molecule has 4 heterocycles. The van der Waals surface area contributed by atoms with Gasteiger partial charge < -0.3 is 19.5 Å². The van der Waals surface area contributed by atoms with Gasteiger partial charge in [-0.25, -0.2) is 9.97 Å². The van der Waals surface area contributed by atoms with E-state index < -0.39 is 11.5 Å². The van der Waals surface area contributed by atoms with Crippen molar-refractivity contribution in [2.45, 2.75) is 20.4 Å². The van der Waals surface area contributed by atoms with Crippen LogP contribution in [-0.2, 0) is 20.6 Å². The minimum atomic E-state index is -0.627. The molecule has 13 heteroatoms. The second kappa shape index (κ2) is 9.75. The van der Waals surface area contributed by atoms with Gasteiger partial charge in [-0.2, -0.15) is 5.10 Å². The third-order valence-electron chi connectivity index (χ3n) is 5.13. The van der Waals surface area contributed by atoms with Gasteiger partial charge in [0, 0.05) is 32.9 Å². The molecule has 0 aliphatic rings. The normalized spacial score (nSPS) is 10.9. The molecule has 13 nitrogen and oxygen atoms in total. The molecule has 4 aromatic rings. The fourth-order valence-corrected chi connectivity index (χ4v) is 3.57. The molecule has 0 aliphatic heterocycles. The number of aryl methyl sites for hydroxylation is 2. The molecule has 0 saturated carbocycles. The second-order valence-electron chi connectivity index (χ2n) is 7.81. The van der Waals surface area contributed by atoms with Crippen molar-refractivity contribution < 1.29 is 14.1 Å². The molecule has 0 spiro atoms. The van der Waals surface area contributed by atoms with E-state index in [1.807, 2.05) is 20.2 Å². The molecule has 0 bridgehead atoms. The van der Waals surface area contributed by atoms with Crippen molar-refractivity contribution in [2.24, 2.45) is 14.1 Å². The first kappa shape index (κ1) is 23.6. The summed E-state index contributed by atoms with van der Waals surface area (Å²) < 4.78 is 13.3. The van der Waals surface area contributed by atoms with Crippen molar-refractivity contribution >= 4 is 17.5 Å². The lowest BCUT2D eigenvalue weighted by atomic mass is 10.2. The van der Waals surface area contributed by atoms with Crippen molar-refractivity contribution in [1.82, 2.24) is 34.5 Å². The number of nitrogens with zero attached hydrogens (tertiary/aromatic N) is 8. The summed E-state index contributed by atoms with van der Waals surface area (Å²) >= 11 is 0. The maximum atomic E-state index is 13.1. The molecule has 0 fully saturated rings. The standard InChI is InChI=1S/C22H25N9O4/c1-6-34-19-18(20(32)26-15-8-24-35-12-15)27-22(31(5)21(19)33)29(3)10-14-7-23-9-17(25-14)16-11-30(4)28-13(16)2/h7-9,11-12H,6,10H2,1-5H3,(H,26,32). The van der Waals surface area contributed by atoms with Crippen LogP contribution in [0.15, 0.2) is 40.4 Å². The molecule has 0 atom stereocenters. The molecule has 4 aromatic heterocycles. The number of ether oxygens (including phenoxy) is 1. The largest absolute Gasteiger partial charge is 0.486 e. The first-order valence-corrected chi connectivity index (χ1v) is 10.8. The lowest BCUT2D eigenvalue weighted by Gasteiger charge is -2.22. The Morgan fingerprint density at radius 1 is 1.23 bits per heavy atom.